The highest BCUT2D eigenvalue weighted by molar-refractivity contribution is 6.30. The van der Waals surface area contributed by atoms with Crippen molar-refractivity contribution in [2.24, 2.45) is 5.92 Å². The minimum atomic E-state index is 0.267. The molecule has 1 atom stereocenters. The molecule has 0 radical (unpaired) electrons. The Balaban J connectivity index is 2.17. The van der Waals surface area contributed by atoms with Crippen LogP contribution < -0.4 is 5.32 Å². The van der Waals surface area contributed by atoms with Crippen molar-refractivity contribution < 1.29 is 0 Å². The lowest BCUT2D eigenvalue weighted by atomic mass is 9.75. The van der Waals surface area contributed by atoms with Gasteiger partial charge in [-0.15, -0.1) is 0 Å². The fourth-order valence-corrected chi connectivity index (χ4v) is 3.06. The zero-order valence-corrected chi connectivity index (χ0v) is 11.6. The molecule has 0 amide bonds. The number of halogens is 1. The lowest BCUT2D eigenvalue weighted by molar-refractivity contribution is 0.182. The Bertz CT molecular complexity index is 367. The van der Waals surface area contributed by atoms with Gasteiger partial charge in [-0.1, -0.05) is 44.0 Å². The molecule has 1 aliphatic heterocycles. The van der Waals surface area contributed by atoms with Gasteiger partial charge in [-0.2, -0.15) is 0 Å². The third-order valence-electron chi connectivity index (χ3n) is 4.04. The highest BCUT2D eigenvalue weighted by atomic mass is 35.5. The molecule has 94 valence electrons. The Morgan fingerprint density at radius 1 is 1.35 bits per heavy atom. The quantitative estimate of drug-likeness (QED) is 0.855. The van der Waals surface area contributed by atoms with Crippen LogP contribution in [0.3, 0.4) is 0 Å². The number of benzene rings is 1. The second-order valence-electron chi connectivity index (χ2n) is 5.50. The standard InChI is InChI=1S/C15H22ClN/c1-12(2)15(8-3-4-9-17-15)11-13-6-5-7-14(16)10-13/h5-7,10,12,17H,3-4,8-9,11H2,1-2H3. The smallest absolute Gasteiger partial charge is 0.0408 e. The molecule has 0 aromatic heterocycles. The first-order valence-electron chi connectivity index (χ1n) is 6.62. The number of nitrogens with one attached hydrogen (secondary N) is 1. The zero-order valence-electron chi connectivity index (χ0n) is 10.8. The molecule has 1 aromatic carbocycles. The van der Waals surface area contributed by atoms with E-state index in [0.717, 1.165) is 18.0 Å². The Hall–Kier alpha value is -0.530. The fraction of sp³-hybridized carbons (Fsp3) is 0.600. The Labute approximate surface area is 110 Å². The number of piperidine rings is 1. The maximum absolute atomic E-state index is 6.07. The molecule has 1 fully saturated rings. The second-order valence-corrected chi connectivity index (χ2v) is 5.94. The summed E-state index contributed by atoms with van der Waals surface area (Å²) in [6, 6.07) is 8.28. The van der Waals surface area contributed by atoms with E-state index in [0.29, 0.717) is 5.92 Å². The Morgan fingerprint density at radius 2 is 2.18 bits per heavy atom. The van der Waals surface area contributed by atoms with Gasteiger partial charge in [0.2, 0.25) is 0 Å². The van der Waals surface area contributed by atoms with E-state index in [4.69, 9.17) is 11.6 Å². The summed E-state index contributed by atoms with van der Waals surface area (Å²) < 4.78 is 0. The molecule has 1 N–H and O–H groups in total. The number of hydrogen-bond acceptors (Lipinski definition) is 1. The second kappa shape index (κ2) is 5.41. The van der Waals surface area contributed by atoms with Crippen molar-refractivity contribution in [3.63, 3.8) is 0 Å². The van der Waals surface area contributed by atoms with Gasteiger partial charge < -0.3 is 5.32 Å². The molecule has 1 unspecified atom stereocenters. The lowest BCUT2D eigenvalue weighted by Crippen LogP contribution is -2.54. The molecule has 2 heteroatoms. The van der Waals surface area contributed by atoms with E-state index >= 15 is 0 Å². The van der Waals surface area contributed by atoms with Crippen LogP contribution in [-0.4, -0.2) is 12.1 Å². The molecule has 2 rings (SSSR count). The van der Waals surface area contributed by atoms with E-state index in [1.807, 2.05) is 6.07 Å². The van der Waals surface area contributed by atoms with Crippen LogP contribution in [-0.2, 0) is 6.42 Å². The largest absolute Gasteiger partial charge is 0.311 e. The maximum Gasteiger partial charge on any atom is 0.0408 e. The van der Waals surface area contributed by atoms with E-state index in [9.17, 15) is 0 Å². The summed E-state index contributed by atoms with van der Waals surface area (Å²) in [6.07, 6.45) is 5.01. The zero-order chi connectivity index (χ0) is 12.3. The summed E-state index contributed by atoms with van der Waals surface area (Å²) in [5.74, 6) is 0.654. The van der Waals surface area contributed by atoms with E-state index < -0.39 is 0 Å². The van der Waals surface area contributed by atoms with Gasteiger partial charge in [0.1, 0.15) is 0 Å². The topological polar surface area (TPSA) is 12.0 Å². The monoisotopic (exact) mass is 251 g/mol. The predicted molar refractivity (Wildman–Crippen MR) is 74.6 cm³/mol. The van der Waals surface area contributed by atoms with Gasteiger partial charge in [-0.05, 0) is 49.4 Å². The van der Waals surface area contributed by atoms with Gasteiger partial charge in [-0.3, -0.25) is 0 Å². The molecule has 0 spiro atoms. The van der Waals surface area contributed by atoms with Gasteiger partial charge in [0.15, 0.2) is 0 Å². The summed E-state index contributed by atoms with van der Waals surface area (Å²) in [4.78, 5) is 0. The average Bonchev–Trinajstić information content (AvgIpc) is 2.30. The van der Waals surface area contributed by atoms with Crippen LogP contribution in [0.15, 0.2) is 24.3 Å². The molecule has 1 heterocycles. The third-order valence-corrected chi connectivity index (χ3v) is 4.28. The van der Waals surface area contributed by atoms with Crippen LogP contribution in [0.5, 0.6) is 0 Å². The van der Waals surface area contributed by atoms with Crippen molar-refractivity contribution in [1.29, 1.82) is 0 Å². The van der Waals surface area contributed by atoms with Crippen LogP contribution in [0.25, 0.3) is 0 Å². The van der Waals surface area contributed by atoms with E-state index in [2.05, 4.69) is 37.4 Å². The summed E-state index contributed by atoms with van der Waals surface area (Å²) in [7, 11) is 0. The SMILES string of the molecule is CC(C)C1(Cc2cccc(Cl)c2)CCCCN1. The van der Waals surface area contributed by atoms with E-state index in [1.54, 1.807) is 0 Å². The van der Waals surface area contributed by atoms with Crippen molar-refractivity contribution >= 4 is 11.6 Å². The van der Waals surface area contributed by atoms with E-state index in [-0.39, 0.29) is 5.54 Å². The highest BCUT2D eigenvalue weighted by Crippen LogP contribution is 2.31. The van der Waals surface area contributed by atoms with Gasteiger partial charge in [0.05, 0.1) is 0 Å². The predicted octanol–water partition coefficient (Wildman–Crippen LogP) is 4.05. The van der Waals surface area contributed by atoms with Crippen molar-refractivity contribution in [2.75, 3.05) is 6.54 Å². The van der Waals surface area contributed by atoms with Gasteiger partial charge in [0.25, 0.3) is 0 Å². The molecule has 17 heavy (non-hydrogen) atoms. The van der Waals surface area contributed by atoms with Gasteiger partial charge in [-0.25, -0.2) is 0 Å². The Morgan fingerprint density at radius 3 is 2.76 bits per heavy atom. The first-order valence-corrected chi connectivity index (χ1v) is 7.00. The van der Waals surface area contributed by atoms with Crippen LogP contribution in [0.2, 0.25) is 5.02 Å². The van der Waals surface area contributed by atoms with Crippen LogP contribution in [0.4, 0.5) is 0 Å². The molecule has 0 aliphatic carbocycles. The Kier molecular flexibility index (Phi) is 4.11. The third kappa shape index (κ3) is 3.02. The minimum absolute atomic E-state index is 0.267. The molecule has 1 nitrogen and oxygen atoms in total. The van der Waals surface area contributed by atoms with E-state index in [1.165, 1.54) is 24.8 Å². The summed E-state index contributed by atoms with van der Waals surface area (Å²) in [6.45, 7) is 5.80. The maximum atomic E-state index is 6.07. The number of hydrogen-bond donors (Lipinski definition) is 1. The average molecular weight is 252 g/mol. The molecule has 0 saturated carbocycles. The van der Waals surface area contributed by atoms with Crippen molar-refractivity contribution in [1.82, 2.24) is 5.32 Å². The molecule has 1 aliphatic rings. The molecule has 1 aromatic rings. The van der Waals surface area contributed by atoms with Crippen LogP contribution in [0, 0.1) is 5.92 Å². The van der Waals surface area contributed by atoms with Gasteiger partial charge >= 0.3 is 0 Å². The van der Waals surface area contributed by atoms with Gasteiger partial charge in [0, 0.05) is 10.6 Å². The first-order chi connectivity index (χ1) is 8.12. The molecular formula is C15H22ClN. The van der Waals surface area contributed by atoms with Crippen LogP contribution >= 0.6 is 11.6 Å². The van der Waals surface area contributed by atoms with Crippen molar-refractivity contribution in [3.05, 3.63) is 34.9 Å². The summed E-state index contributed by atoms with van der Waals surface area (Å²) in [5.41, 5.74) is 1.61. The normalized spacial score (nSPS) is 25.2. The molecule has 1 saturated heterocycles. The fourth-order valence-electron chi connectivity index (χ4n) is 2.85. The van der Waals surface area contributed by atoms with Crippen LogP contribution in [0.1, 0.15) is 38.7 Å². The lowest BCUT2D eigenvalue weighted by Gasteiger charge is -2.42. The first kappa shape index (κ1) is 12.9. The minimum Gasteiger partial charge on any atom is -0.311 e. The summed E-state index contributed by atoms with van der Waals surface area (Å²) >= 11 is 6.07. The molecular weight excluding hydrogens is 230 g/mol. The van der Waals surface area contributed by atoms with Crippen molar-refractivity contribution in [2.45, 2.75) is 45.1 Å². The highest BCUT2D eigenvalue weighted by Gasteiger charge is 2.34. The molecule has 0 bridgehead atoms. The summed E-state index contributed by atoms with van der Waals surface area (Å²) in [5, 5.41) is 4.60. The van der Waals surface area contributed by atoms with Crippen molar-refractivity contribution in [3.8, 4) is 0 Å². The number of rotatable bonds is 3.